The van der Waals surface area contributed by atoms with E-state index in [-0.39, 0.29) is 10.5 Å². The minimum Gasteiger partial charge on any atom is -0.478 e. The second-order valence-electron chi connectivity index (χ2n) is 5.03. The summed E-state index contributed by atoms with van der Waals surface area (Å²) < 4.78 is 27.4. The molecule has 1 saturated carbocycles. The fraction of sp³-hybridized carbons (Fsp3) is 0.462. The van der Waals surface area contributed by atoms with Crippen LogP contribution in [0, 0.1) is 12.8 Å². The molecule has 1 aliphatic carbocycles. The van der Waals surface area contributed by atoms with Crippen molar-refractivity contribution in [3.05, 3.63) is 27.7 Å². The third-order valence-corrected chi connectivity index (χ3v) is 5.87. The lowest BCUT2D eigenvalue weighted by molar-refractivity contribution is 0.0695. The summed E-state index contributed by atoms with van der Waals surface area (Å²) in [6.07, 6.45) is 3.23. The second-order valence-corrected chi connectivity index (χ2v) is 7.65. The van der Waals surface area contributed by atoms with Crippen LogP contribution in [0.15, 0.2) is 21.5 Å². The molecule has 0 unspecified atom stereocenters. The summed E-state index contributed by atoms with van der Waals surface area (Å²) in [5, 5.41) is 9.11. The molecule has 0 heterocycles. The molecular formula is C13H16BrNO4S. The van der Waals surface area contributed by atoms with Gasteiger partial charge in [-0.3, -0.25) is 0 Å². The number of aromatic carboxylic acids is 1. The lowest BCUT2D eigenvalue weighted by Crippen LogP contribution is -2.32. The summed E-state index contributed by atoms with van der Waals surface area (Å²) in [7, 11) is -3.67. The zero-order chi connectivity index (χ0) is 14.9. The van der Waals surface area contributed by atoms with Gasteiger partial charge in [-0.05, 0) is 43.4 Å². The van der Waals surface area contributed by atoms with Gasteiger partial charge in [0.1, 0.15) is 0 Å². The number of hydrogen-bond acceptors (Lipinski definition) is 3. The lowest BCUT2D eigenvalue weighted by Gasteiger charge is -2.25. The van der Waals surface area contributed by atoms with E-state index in [1.165, 1.54) is 12.1 Å². The number of rotatable bonds is 5. The van der Waals surface area contributed by atoms with Gasteiger partial charge in [-0.25, -0.2) is 17.9 Å². The van der Waals surface area contributed by atoms with E-state index in [0.29, 0.717) is 22.5 Å². The van der Waals surface area contributed by atoms with E-state index < -0.39 is 16.0 Å². The van der Waals surface area contributed by atoms with E-state index in [4.69, 9.17) is 5.11 Å². The summed E-state index contributed by atoms with van der Waals surface area (Å²) in [5.41, 5.74) is 0.499. The molecule has 1 aliphatic rings. The summed E-state index contributed by atoms with van der Waals surface area (Å²) in [5.74, 6) is -0.739. The van der Waals surface area contributed by atoms with Gasteiger partial charge in [-0.1, -0.05) is 22.4 Å². The molecule has 5 nitrogen and oxygen atoms in total. The summed E-state index contributed by atoms with van der Waals surface area (Å²) in [6, 6.07) is 2.64. The summed E-state index contributed by atoms with van der Waals surface area (Å²) >= 11 is 3.21. The first kappa shape index (κ1) is 15.5. The molecule has 110 valence electrons. The van der Waals surface area contributed by atoms with E-state index in [0.717, 1.165) is 19.3 Å². The van der Waals surface area contributed by atoms with Crippen molar-refractivity contribution in [3.63, 3.8) is 0 Å². The Balaban J connectivity index is 2.28. The smallest absolute Gasteiger partial charge is 0.336 e. The molecule has 20 heavy (non-hydrogen) atoms. The third-order valence-electron chi connectivity index (χ3n) is 3.65. The van der Waals surface area contributed by atoms with Crippen molar-refractivity contribution < 1.29 is 18.3 Å². The molecule has 1 fully saturated rings. The van der Waals surface area contributed by atoms with Crippen molar-refractivity contribution in [3.8, 4) is 0 Å². The molecule has 2 N–H and O–H groups in total. The molecule has 1 aromatic carbocycles. The monoisotopic (exact) mass is 361 g/mol. The highest BCUT2D eigenvalue weighted by Gasteiger charge is 2.23. The SMILES string of the molecule is Cc1c(Br)cc(S(=O)(=O)NCC2CCC2)cc1C(=O)O. The van der Waals surface area contributed by atoms with Crippen LogP contribution in [0.3, 0.4) is 0 Å². The lowest BCUT2D eigenvalue weighted by atomic mass is 9.86. The van der Waals surface area contributed by atoms with E-state index in [2.05, 4.69) is 20.7 Å². The molecule has 1 aromatic rings. The van der Waals surface area contributed by atoms with E-state index in [1.807, 2.05) is 0 Å². The molecule has 0 aromatic heterocycles. The summed E-state index contributed by atoms with van der Waals surface area (Å²) in [4.78, 5) is 11.1. The van der Waals surface area contributed by atoms with E-state index >= 15 is 0 Å². The number of hydrogen-bond donors (Lipinski definition) is 2. The Morgan fingerprint density at radius 2 is 2.10 bits per heavy atom. The Labute approximate surface area is 126 Å². The maximum Gasteiger partial charge on any atom is 0.336 e. The Hall–Kier alpha value is -0.920. The Morgan fingerprint density at radius 1 is 1.45 bits per heavy atom. The van der Waals surface area contributed by atoms with Crippen LogP contribution in [-0.2, 0) is 10.0 Å². The van der Waals surface area contributed by atoms with Gasteiger partial charge >= 0.3 is 5.97 Å². The number of carboxylic acid groups (broad SMARTS) is 1. The van der Waals surface area contributed by atoms with Gasteiger partial charge in [0.05, 0.1) is 10.5 Å². The first-order valence-corrected chi connectivity index (χ1v) is 8.62. The third kappa shape index (κ3) is 3.21. The molecule has 0 bridgehead atoms. The first-order valence-electron chi connectivity index (χ1n) is 6.34. The maximum absolute atomic E-state index is 12.2. The molecule has 0 amide bonds. The fourth-order valence-electron chi connectivity index (χ4n) is 2.04. The van der Waals surface area contributed by atoms with Crippen LogP contribution in [0.5, 0.6) is 0 Å². The molecule has 0 saturated heterocycles. The molecule has 0 radical (unpaired) electrons. The maximum atomic E-state index is 12.2. The first-order chi connectivity index (χ1) is 9.31. The highest BCUT2D eigenvalue weighted by Crippen LogP contribution is 2.27. The van der Waals surface area contributed by atoms with Gasteiger partial charge in [0.25, 0.3) is 0 Å². The number of carbonyl (C=O) groups is 1. The zero-order valence-electron chi connectivity index (χ0n) is 11.0. The highest BCUT2D eigenvalue weighted by atomic mass is 79.9. The fourth-order valence-corrected chi connectivity index (χ4v) is 3.82. The Morgan fingerprint density at radius 3 is 2.60 bits per heavy atom. The van der Waals surface area contributed by atoms with Crippen molar-refractivity contribution in [1.82, 2.24) is 4.72 Å². The van der Waals surface area contributed by atoms with Gasteiger partial charge in [0.2, 0.25) is 10.0 Å². The van der Waals surface area contributed by atoms with Gasteiger partial charge in [0.15, 0.2) is 0 Å². The minimum absolute atomic E-state index is 0.0107. The average molecular weight is 362 g/mol. The number of nitrogens with one attached hydrogen (secondary N) is 1. The van der Waals surface area contributed by atoms with Crippen LogP contribution < -0.4 is 4.72 Å². The standard InChI is InChI=1S/C13H16BrNO4S/c1-8-11(13(16)17)5-10(6-12(8)14)20(18,19)15-7-9-3-2-4-9/h5-6,9,15H,2-4,7H2,1H3,(H,16,17). The van der Waals surface area contributed by atoms with Gasteiger partial charge in [0, 0.05) is 11.0 Å². The predicted molar refractivity (Wildman–Crippen MR) is 78.4 cm³/mol. The van der Waals surface area contributed by atoms with Gasteiger partial charge < -0.3 is 5.11 Å². The molecule has 2 rings (SSSR count). The van der Waals surface area contributed by atoms with Crippen LogP contribution in [-0.4, -0.2) is 26.0 Å². The number of halogens is 1. The van der Waals surface area contributed by atoms with Gasteiger partial charge in [-0.15, -0.1) is 0 Å². The van der Waals surface area contributed by atoms with Crippen molar-refractivity contribution in [2.45, 2.75) is 31.1 Å². The van der Waals surface area contributed by atoms with Crippen LogP contribution >= 0.6 is 15.9 Å². The van der Waals surface area contributed by atoms with Crippen molar-refractivity contribution in [2.75, 3.05) is 6.54 Å². The number of benzene rings is 1. The molecule has 0 atom stereocenters. The normalized spacial score (nSPS) is 15.9. The molecule has 0 spiro atoms. The Kier molecular flexibility index (Phi) is 4.51. The zero-order valence-corrected chi connectivity index (χ0v) is 13.4. The highest BCUT2D eigenvalue weighted by molar-refractivity contribution is 9.10. The van der Waals surface area contributed by atoms with Crippen LogP contribution in [0.25, 0.3) is 0 Å². The van der Waals surface area contributed by atoms with Crippen molar-refractivity contribution in [1.29, 1.82) is 0 Å². The predicted octanol–water partition coefficient (Wildman–Crippen LogP) is 2.53. The number of sulfonamides is 1. The molecule has 7 heteroatoms. The number of carboxylic acids is 1. The second kappa shape index (κ2) is 5.83. The van der Waals surface area contributed by atoms with Crippen LogP contribution in [0.1, 0.15) is 35.2 Å². The molecule has 0 aliphatic heterocycles. The van der Waals surface area contributed by atoms with Crippen LogP contribution in [0.4, 0.5) is 0 Å². The quantitative estimate of drug-likeness (QED) is 0.843. The van der Waals surface area contributed by atoms with E-state index in [9.17, 15) is 13.2 Å². The minimum atomic E-state index is -3.67. The topological polar surface area (TPSA) is 83.5 Å². The van der Waals surface area contributed by atoms with Crippen molar-refractivity contribution in [2.24, 2.45) is 5.92 Å². The largest absolute Gasteiger partial charge is 0.478 e. The Bertz CT molecular complexity index is 638. The van der Waals surface area contributed by atoms with Crippen LogP contribution in [0.2, 0.25) is 0 Å². The summed E-state index contributed by atoms with van der Waals surface area (Å²) in [6.45, 7) is 2.04. The van der Waals surface area contributed by atoms with E-state index in [1.54, 1.807) is 6.92 Å². The molecular weight excluding hydrogens is 346 g/mol. The average Bonchev–Trinajstić information content (AvgIpc) is 2.29. The van der Waals surface area contributed by atoms with Crippen molar-refractivity contribution >= 4 is 31.9 Å². The van der Waals surface area contributed by atoms with Gasteiger partial charge in [-0.2, -0.15) is 0 Å².